The van der Waals surface area contributed by atoms with E-state index in [0.29, 0.717) is 10.7 Å². The third-order valence-corrected chi connectivity index (χ3v) is 2.87. The van der Waals surface area contributed by atoms with Crippen molar-refractivity contribution in [3.8, 4) is 0 Å². The molecule has 0 radical (unpaired) electrons. The van der Waals surface area contributed by atoms with Crippen LogP contribution in [0, 0.1) is 0 Å². The van der Waals surface area contributed by atoms with E-state index in [0.717, 1.165) is 11.3 Å². The normalized spacial score (nSPS) is 11.0. The van der Waals surface area contributed by atoms with Crippen molar-refractivity contribution in [2.45, 2.75) is 6.92 Å². The average Bonchev–Trinajstić information content (AvgIpc) is 2.48. The number of rotatable bonds is 4. The maximum absolute atomic E-state index is 11.9. The van der Waals surface area contributed by atoms with Crippen LogP contribution >= 0.6 is 11.6 Å². The van der Waals surface area contributed by atoms with Gasteiger partial charge in [-0.3, -0.25) is 20.6 Å². The van der Waals surface area contributed by atoms with Crippen molar-refractivity contribution in [3.05, 3.63) is 71.0 Å². The van der Waals surface area contributed by atoms with Crippen molar-refractivity contribution in [1.82, 2.24) is 15.8 Å². The van der Waals surface area contributed by atoms with Crippen LogP contribution in [0.3, 0.4) is 0 Å². The minimum absolute atomic E-state index is 0.299. The van der Waals surface area contributed by atoms with Gasteiger partial charge < -0.3 is 0 Å². The van der Waals surface area contributed by atoms with E-state index in [-0.39, 0.29) is 5.91 Å². The number of nitrogens with zero attached hydrogens (tertiary/aromatic N) is 1. The Morgan fingerprint density at radius 2 is 2.05 bits per heavy atom. The number of benzene rings is 1. The van der Waals surface area contributed by atoms with Crippen molar-refractivity contribution in [3.63, 3.8) is 0 Å². The number of hydrogen-bond acceptors (Lipinski definition) is 3. The molecule has 102 valence electrons. The number of aromatic nitrogens is 1. The molecule has 1 aromatic carbocycles. The summed E-state index contributed by atoms with van der Waals surface area (Å²) in [6, 6.07) is 12.5. The Morgan fingerprint density at radius 3 is 2.70 bits per heavy atom. The Morgan fingerprint density at radius 1 is 1.20 bits per heavy atom. The molecule has 0 aliphatic rings. The molecule has 2 aromatic rings. The lowest BCUT2D eigenvalue weighted by atomic mass is 10.1. The topological polar surface area (TPSA) is 54.0 Å². The minimum Gasteiger partial charge on any atom is -0.298 e. The Labute approximate surface area is 122 Å². The molecule has 20 heavy (non-hydrogen) atoms. The highest BCUT2D eigenvalue weighted by molar-refractivity contribution is 6.30. The Bertz CT molecular complexity index is 626. The maximum Gasteiger partial charge on any atom is 0.288 e. The van der Waals surface area contributed by atoms with Gasteiger partial charge in [0.2, 0.25) is 0 Å². The molecule has 0 spiro atoms. The number of carbonyl (C=O) groups excluding carboxylic acids is 1. The largest absolute Gasteiger partial charge is 0.298 e. The van der Waals surface area contributed by atoms with Crippen LogP contribution in [0.5, 0.6) is 0 Å². The molecule has 1 amide bonds. The molecule has 5 heteroatoms. The first-order chi connectivity index (χ1) is 9.70. The third-order valence-electron chi connectivity index (χ3n) is 2.63. The Kier molecular flexibility index (Phi) is 4.74. The van der Waals surface area contributed by atoms with Crippen molar-refractivity contribution >= 4 is 23.2 Å². The van der Waals surface area contributed by atoms with Crippen molar-refractivity contribution in [1.29, 1.82) is 0 Å². The third kappa shape index (κ3) is 3.59. The molecule has 4 nitrogen and oxygen atoms in total. The van der Waals surface area contributed by atoms with Crippen molar-refractivity contribution in [2.75, 3.05) is 0 Å². The molecule has 1 heterocycles. The van der Waals surface area contributed by atoms with Gasteiger partial charge in [0.1, 0.15) is 5.69 Å². The second-order valence-corrected chi connectivity index (χ2v) is 4.44. The van der Waals surface area contributed by atoms with E-state index in [4.69, 9.17) is 11.6 Å². The molecule has 0 aliphatic carbocycles. The van der Waals surface area contributed by atoms with Crippen LogP contribution in [-0.4, -0.2) is 10.9 Å². The van der Waals surface area contributed by atoms with E-state index in [2.05, 4.69) is 15.8 Å². The molecule has 0 fully saturated rings. The molecule has 2 rings (SSSR count). The van der Waals surface area contributed by atoms with Gasteiger partial charge in [-0.05, 0) is 31.2 Å². The highest BCUT2D eigenvalue weighted by Gasteiger charge is 2.07. The fourth-order valence-electron chi connectivity index (χ4n) is 1.65. The lowest BCUT2D eigenvalue weighted by Crippen LogP contribution is -2.36. The summed E-state index contributed by atoms with van der Waals surface area (Å²) in [5.41, 5.74) is 7.48. The van der Waals surface area contributed by atoms with Crippen LogP contribution in [0.2, 0.25) is 5.02 Å². The summed E-state index contributed by atoms with van der Waals surface area (Å²) >= 11 is 5.95. The number of allylic oxidation sites excluding steroid dienone is 1. The Balaban J connectivity index is 2.04. The summed E-state index contributed by atoms with van der Waals surface area (Å²) in [4.78, 5) is 15.9. The number of hydrogen-bond donors (Lipinski definition) is 2. The van der Waals surface area contributed by atoms with E-state index in [1.807, 2.05) is 31.2 Å². The number of nitrogens with one attached hydrogen (secondary N) is 2. The van der Waals surface area contributed by atoms with E-state index < -0.39 is 0 Å². The molecule has 1 aromatic heterocycles. The zero-order valence-electron chi connectivity index (χ0n) is 10.9. The van der Waals surface area contributed by atoms with Gasteiger partial charge in [-0.1, -0.05) is 35.9 Å². The second-order valence-electron chi connectivity index (χ2n) is 4.01. The fraction of sp³-hybridized carbons (Fsp3) is 0.0667. The van der Waals surface area contributed by atoms with Gasteiger partial charge in [0, 0.05) is 16.8 Å². The zero-order valence-corrected chi connectivity index (χ0v) is 11.7. The predicted molar refractivity (Wildman–Crippen MR) is 79.9 cm³/mol. The molecule has 0 aliphatic heterocycles. The molecular weight excluding hydrogens is 274 g/mol. The van der Waals surface area contributed by atoms with Crippen LogP contribution in [0.25, 0.3) is 5.70 Å². The number of amides is 1. The summed E-state index contributed by atoms with van der Waals surface area (Å²) in [7, 11) is 0. The van der Waals surface area contributed by atoms with Crippen molar-refractivity contribution in [2.24, 2.45) is 0 Å². The number of hydrazine groups is 1. The molecule has 0 unspecified atom stereocenters. The summed E-state index contributed by atoms with van der Waals surface area (Å²) in [6.07, 6.45) is 3.42. The van der Waals surface area contributed by atoms with E-state index >= 15 is 0 Å². The average molecular weight is 288 g/mol. The first-order valence-electron chi connectivity index (χ1n) is 6.10. The summed E-state index contributed by atoms with van der Waals surface area (Å²) in [5.74, 6) is -0.299. The molecule has 0 saturated carbocycles. The molecule has 2 N–H and O–H groups in total. The number of pyridine rings is 1. The highest BCUT2D eigenvalue weighted by atomic mass is 35.5. The minimum atomic E-state index is -0.299. The molecule has 0 atom stereocenters. The highest BCUT2D eigenvalue weighted by Crippen LogP contribution is 2.16. The lowest BCUT2D eigenvalue weighted by molar-refractivity contribution is 0.0937. The first-order valence-corrected chi connectivity index (χ1v) is 6.48. The van der Waals surface area contributed by atoms with E-state index in [1.54, 1.807) is 30.5 Å². The van der Waals surface area contributed by atoms with Gasteiger partial charge in [-0.15, -0.1) is 0 Å². The monoisotopic (exact) mass is 287 g/mol. The number of halogens is 1. The molecule has 0 saturated heterocycles. The quantitative estimate of drug-likeness (QED) is 0.850. The smallest absolute Gasteiger partial charge is 0.288 e. The standard InChI is InChI=1S/C15H14ClN3O/c1-2-13(11-6-5-7-12(16)10-11)18-19-15(20)14-8-3-4-9-17-14/h2-10,18H,1H3,(H,19,20)/b13-2-. The van der Waals surface area contributed by atoms with E-state index in [9.17, 15) is 4.79 Å². The van der Waals surface area contributed by atoms with Gasteiger partial charge >= 0.3 is 0 Å². The van der Waals surface area contributed by atoms with Gasteiger partial charge in [0.15, 0.2) is 0 Å². The summed E-state index contributed by atoms with van der Waals surface area (Å²) < 4.78 is 0. The van der Waals surface area contributed by atoms with Gasteiger partial charge in [0.25, 0.3) is 5.91 Å². The maximum atomic E-state index is 11.9. The summed E-state index contributed by atoms with van der Waals surface area (Å²) in [5, 5.41) is 0.639. The van der Waals surface area contributed by atoms with Gasteiger partial charge in [-0.2, -0.15) is 0 Å². The zero-order chi connectivity index (χ0) is 14.4. The molecular formula is C15H14ClN3O. The first kappa shape index (κ1) is 14.1. The van der Waals surface area contributed by atoms with E-state index in [1.165, 1.54) is 0 Å². The van der Waals surface area contributed by atoms with Crippen LogP contribution < -0.4 is 10.9 Å². The number of carbonyl (C=O) groups is 1. The van der Waals surface area contributed by atoms with Crippen LogP contribution in [0.4, 0.5) is 0 Å². The van der Waals surface area contributed by atoms with Crippen LogP contribution in [0.1, 0.15) is 23.0 Å². The summed E-state index contributed by atoms with van der Waals surface area (Å²) in [6.45, 7) is 1.87. The SMILES string of the molecule is C/C=C(\NNC(=O)c1ccccn1)c1cccc(Cl)c1. The second kappa shape index (κ2) is 6.73. The van der Waals surface area contributed by atoms with Gasteiger partial charge in [-0.25, -0.2) is 0 Å². The molecule has 0 bridgehead atoms. The van der Waals surface area contributed by atoms with Gasteiger partial charge in [0.05, 0.1) is 5.70 Å². The van der Waals surface area contributed by atoms with Crippen molar-refractivity contribution < 1.29 is 4.79 Å². The predicted octanol–water partition coefficient (Wildman–Crippen LogP) is 3.03. The lowest BCUT2D eigenvalue weighted by Gasteiger charge is -2.12. The fourth-order valence-corrected chi connectivity index (χ4v) is 1.84. The van der Waals surface area contributed by atoms with Crippen LogP contribution in [-0.2, 0) is 0 Å². The Hall–Kier alpha value is -2.33. The van der Waals surface area contributed by atoms with Crippen LogP contribution in [0.15, 0.2) is 54.7 Å².